The summed E-state index contributed by atoms with van der Waals surface area (Å²) < 4.78 is 11.0. The molecule has 4 heteroatoms. The summed E-state index contributed by atoms with van der Waals surface area (Å²) in [5, 5.41) is 5.86. The second kappa shape index (κ2) is 5.35. The largest absolute Gasteiger partial charge is 0.485 e. The summed E-state index contributed by atoms with van der Waals surface area (Å²) in [7, 11) is 0. The zero-order chi connectivity index (χ0) is 13.9. The summed E-state index contributed by atoms with van der Waals surface area (Å²) in [5.74, 6) is 1.50. The van der Waals surface area contributed by atoms with Crippen LogP contribution in [0.25, 0.3) is 10.8 Å². The van der Waals surface area contributed by atoms with Crippen molar-refractivity contribution in [2.75, 3.05) is 0 Å². The van der Waals surface area contributed by atoms with Gasteiger partial charge in [-0.25, -0.2) is 0 Å². The van der Waals surface area contributed by atoms with Crippen LogP contribution in [-0.2, 0) is 6.61 Å². The number of hydrogen-bond donors (Lipinski definition) is 1. The van der Waals surface area contributed by atoms with Gasteiger partial charge < -0.3 is 15.0 Å². The monoisotopic (exact) mass is 268 g/mol. The number of ether oxygens (including phenoxy) is 1. The number of hydrogen-bond acceptors (Lipinski definition) is 4. The zero-order valence-electron chi connectivity index (χ0n) is 11.2. The Bertz CT molecular complexity index is 706. The summed E-state index contributed by atoms with van der Waals surface area (Å²) in [5.41, 5.74) is 7.03. The topological polar surface area (TPSA) is 61.3 Å². The van der Waals surface area contributed by atoms with E-state index in [0.29, 0.717) is 12.4 Å². The van der Waals surface area contributed by atoms with Crippen molar-refractivity contribution < 1.29 is 9.26 Å². The summed E-state index contributed by atoms with van der Waals surface area (Å²) in [6.07, 6.45) is 1.61. The quantitative estimate of drug-likeness (QED) is 0.787. The van der Waals surface area contributed by atoms with Crippen molar-refractivity contribution in [3.8, 4) is 5.75 Å². The number of nitrogens with zero attached hydrogens (tertiary/aromatic N) is 1. The van der Waals surface area contributed by atoms with Crippen molar-refractivity contribution in [1.29, 1.82) is 0 Å². The molecule has 3 rings (SSSR count). The number of nitrogens with two attached hydrogens (primary N) is 1. The van der Waals surface area contributed by atoms with Crippen LogP contribution in [0.3, 0.4) is 0 Å². The molecule has 1 atom stereocenters. The van der Waals surface area contributed by atoms with Gasteiger partial charge in [-0.3, -0.25) is 0 Å². The van der Waals surface area contributed by atoms with Gasteiger partial charge in [0.05, 0.1) is 6.20 Å². The summed E-state index contributed by atoms with van der Waals surface area (Å²) in [6, 6.07) is 13.9. The van der Waals surface area contributed by atoms with Crippen LogP contribution in [0, 0.1) is 0 Å². The molecule has 4 nitrogen and oxygen atoms in total. The first-order valence-electron chi connectivity index (χ1n) is 6.55. The maximum atomic E-state index is 6.04. The van der Waals surface area contributed by atoms with Gasteiger partial charge in [-0.15, -0.1) is 0 Å². The van der Waals surface area contributed by atoms with E-state index in [9.17, 15) is 0 Å². The fraction of sp³-hybridized carbons (Fsp3) is 0.188. The Kier molecular flexibility index (Phi) is 3.39. The second-order valence-corrected chi connectivity index (χ2v) is 4.76. The minimum Gasteiger partial charge on any atom is -0.485 e. The molecule has 0 radical (unpaired) electrons. The number of rotatable bonds is 4. The van der Waals surface area contributed by atoms with Crippen molar-refractivity contribution in [2.45, 2.75) is 19.6 Å². The third kappa shape index (κ3) is 2.38. The lowest BCUT2D eigenvalue weighted by molar-refractivity contribution is 0.249. The summed E-state index contributed by atoms with van der Waals surface area (Å²) in [6.45, 7) is 2.29. The molecule has 0 aliphatic heterocycles. The minimum atomic E-state index is -0.0932. The lowest BCUT2D eigenvalue weighted by Gasteiger charge is -2.16. The molecule has 0 saturated heterocycles. The highest BCUT2D eigenvalue weighted by Gasteiger charge is 2.13. The lowest BCUT2D eigenvalue weighted by atomic mass is 10.0. The van der Waals surface area contributed by atoms with E-state index in [1.807, 2.05) is 31.2 Å². The summed E-state index contributed by atoms with van der Waals surface area (Å²) >= 11 is 0. The van der Waals surface area contributed by atoms with E-state index < -0.39 is 0 Å². The van der Waals surface area contributed by atoms with Crippen LogP contribution < -0.4 is 10.5 Å². The zero-order valence-corrected chi connectivity index (χ0v) is 11.2. The van der Waals surface area contributed by atoms with Crippen LogP contribution in [0.2, 0.25) is 0 Å². The Morgan fingerprint density at radius 2 is 2.05 bits per heavy atom. The third-order valence-electron chi connectivity index (χ3n) is 3.25. The maximum Gasteiger partial charge on any atom is 0.174 e. The Balaban J connectivity index is 2.03. The second-order valence-electron chi connectivity index (χ2n) is 4.76. The van der Waals surface area contributed by atoms with Crippen molar-refractivity contribution in [1.82, 2.24) is 5.16 Å². The van der Waals surface area contributed by atoms with E-state index in [1.165, 1.54) is 0 Å². The van der Waals surface area contributed by atoms with Gasteiger partial charge in [0.15, 0.2) is 5.76 Å². The Morgan fingerprint density at radius 3 is 2.80 bits per heavy atom. The van der Waals surface area contributed by atoms with Crippen molar-refractivity contribution in [2.24, 2.45) is 5.73 Å². The molecular formula is C16H16N2O2. The van der Waals surface area contributed by atoms with E-state index >= 15 is 0 Å². The van der Waals surface area contributed by atoms with E-state index in [0.717, 1.165) is 22.1 Å². The molecule has 3 aromatic rings. The standard InChI is InChI=1S/C16H16N2O2/c1-11(17)14-7-6-12-4-2-3-5-15(12)16(14)19-10-13-8-9-18-20-13/h2-9,11H,10,17H2,1H3/t11-/m1/s1. The highest BCUT2D eigenvalue weighted by Crippen LogP contribution is 2.33. The van der Waals surface area contributed by atoms with Crippen LogP contribution in [0.1, 0.15) is 24.3 Å². The van der Waals surface area contributed by atoms with Crippen molar-refractivity contribution in [3.63, 3.8) is 0 Å². The van der Waals surface area contributed by atoms with Gasteiger partial charge in [0, 0.05) is 23.1 Å². The average molecular weight is 268 g/mol. The van der Waals surface area contributed by atoms with Crippen LogP contribution in [0.5, 0.6) is 5.75 Å². The first kappa shape index (κ1) is 12.7. The molecular weight excluding hydrogens is 252 g/mol. The SMILES string of the molecule is C[C@@H](N)c1ccc2ccccc2c1OCc1ccno1. The molecule has 20 heavy (non-hydrogen) atoms. The van der Waals surface area contributed by atoms with Gasteiger partial charge in [0.1, 0.15) is 12.4 Å². The van der Waals surface area contributed by atoms with Gasteiger partial charge in [0.25, 0.3) is 0 Å². The molecule has 0 amide bonds. The van der Waals surface area contributed by atoms with Gasteiger partial charge in [-0.1, -0.05) is 41.6 Å². The van der Waals surface area contributed by atoms with Gasteiger partial charge in [0.2, 0.25) is 0 Å². The first-order valence-corrected chi connectivity index (χ1v) is 6.55. The predicted octanol–water partition coefficient (Wildman–Crippen LogP) is 3.43. The van der Waals surface area contributed by atoms with Crippen LogP contribution in [-0.4, -0.2) is 5.16 Å². The molecule has 0 aliphatic rings. The average Bonchev–Trinajstić information content (AvgIpc) is 2.97. The minimum absolute atomic E-state index is 0.0932. The van der Waals surface area contributed by atoms with E-state index in [1.54, 1.807) is 12.3 Å². The molecule has 1 aromatic heterocycles. The van der Waals surface area contributed by atoms with Crippen LogP contribution in [0.4, 0.5) is 0 Å². The lowest BCUT2D eigenvalue weighted by Crippen LogP contribution is -2.08. The van der Waals surface area contributed by atoms with E-state index in [-0.39, 0.29) is 6.04 Å². The molecule has 0 saturated carbocycles. The van der Waals surface area contributed by atoms with Gasteiger partial charge in [-0.05, 0) is 12.3 Å². The van der Waals surface area contributed by atoms with Gasteiger partial charge in [-0.2, -0.15) is 0 Å². The predicted molar refractivity (Wildman–Crippen MR) is 77.4 cm³/mol. The molecule has 2 N–H and O–H groups in total. The fourth-order valence-electron chi connectivity index (χ4n) is 2.24. The maximum absolute atomic E-state index is 6.04. The van der Waals surface area contributed by atoms with Crippen LogP contribution in [0.15, 0.2) is 53.2 Å². The molecule has 1 heterocycles. The van der Waals surface area contributed by atoms with Crippen LogP contribution >= 0.6 is 0 Å². The number of aromatic nitrogens is 1. The molecule has 0 bridgehead atoms. The molecule has 0 aliphatic carbocycles. The Hall–Kier alpha value is -2.33. The fourth-order valence-corrected chi connectivity index (χ4v) is 2.24. The van der Waals surface area contributed by atoms with E-state index in [4.69, 9.17) is 15.0 Å². The Labute approximate surface area is 117 Å². The molecule has 0 unspecified atom stereocenters. The number of benzene rings is 2. The molecule has 0 fully saturated rings. The molecule has 102 valence electrons. The highest BCUT2D eigenvalue weighted by atomic mass is 16.5. The highest BCUT2D eigenvalue weighted by molar-refractivity contribution is 5.89. The summed E-state index contributed by atoms with van der Waals surface area (Å²) in [4.78, 5) is 0. The molecule has 2 aromatic carbocycles. The first-order chi connectivity index (χ1) is 9.75. The smallest absolute Gasteiger partial charge is 0.174 e. The third-order valence-corrected chi connectivity index (χ3v) is 3.25. The van der Waals surface area contributed by atoms with E-state index in [2.05, 4.69) is 17.3 Å². The van der Waals surface area contributed by atoms with Crippen molar-refractivity contribution >= 4 is 10.8 Å². The normalized spacial score (nSPS) is 12.5. The Morgan fingerprint density at radius 1 is 1.20 bits per heavy atom. The molecule has 0 spiro atoms. The van der Waals surface area contributed by atoms with Crippen molar-refractivity contribution in [3.05, 3.63) is 60.0 Å². The number of fused-ring (bicyclic) bond motifs is 1. The van der Waals surface area contributed by atoms with Gasteiger partial charge >= 0.3 is 0 Å².